The maximum absolute atomic E-state index is 12.9. The fourth-order valence-electron chi connectivity index (χ4n) is 3.61. The number of nitrogens with zero attached hydrogens (tertiary/aromatic N) is 4. The Balaban J connectivity index is 1.34. The lowest BCUT2D eigenvalue weighted by molar-refractivity contribution is 0.0710. The van der Waals surface area contributed by atoms with Gasteiger partial charge in [0.15, 0.2) is 17.3 Å². The van der Waals surface area contributed by atoms with Crippen molar-refractivity contribution in [2.45, 2.75) is 20.5 Å². The molecule has 0 atom stereocenters. The molecule has 1 aliphatic heterocycles. The van der Waals surface area contributed by atoms with Crippen molar-refractivity contribution in [3.8, 4) is 11.5 Å². The van der Waals surface area contributed by atoms with Gasteiger partial charge in [-0.3, -0.25) is 4.79 Å². The van der Waals surface area contributed by atoms with E-state index >= 15 is 0 Å². The molecule has 3 heterocycles. The normalized spacial score (nSPS) is 13.9. The summed E-state index contributed by atoms with van der Waals surface area (Å²) in [7, 11) is 1.60. The lowest BCUT2D eigenvalue weighted by Crippen LogP contribution is -2.49. The van der Waals surface area contributed by atoms with Crippen LogP contribution in [0.2, 0.25) is 0 Å². The number of hydrogen-bond acceptors (Lipinski definition) is 7. The second-order valence-corrected chi connectivity index (χ2v) is 7.40. The zero-order valence-corrected chi connectivity index (χ0v) is 18.0. The Bertz CT molecular complexity index is 1040. The van der Waals surface area contributed by atoms with Gasteiger partial charge in [-0.05, 0) is 38.1 Å². The predicted molar refractivity (Wildman–Crippen MR) is 116 cm³/mol. The van der Waals surface area contributed by atoms with E-state index in [4.69, 9.17) is 13.9 Å². The second-order valence-electron chi connectivity index (χ2n) is 7.40. The van der Waals surface area contributed by atoms with E-state index in [-0.39, 0.29) is 12.5 Å². The van der Waals surface area contributed by atoms with Gasteiger partial charge >= 0.3 is 0 Å². The fourth-order valence-corrected chi connectivity index (χ4v) is 3.61. The van der Waals surface area contributed by atoms with Crippen LogP contribution in [0.15, 0.2) is 46.9 Å². The Labute approximate surface area is 181 Å². The van der Waals surface area contributed by atoms with Crippen LogP contribution in [0.4, 0.5) is 5.82 Å². The van der Waals surface area contributed by atoms with E-state index in [0.29, 0.717) is 49.2 Å². The largest absolute Gasteiger partial charge is 0.493 e. The number of carbonyl (C=O) groups excluding carboxylic acids is 1. The van der Waals surface area contributed by atoms with Gasteiger partial charge in [-0.25, -0.2) is 9.97 Å². The van der Waals surface area contributed by atoms with E-state index < -0.39 is 0 Å². The van der Waals surface area contributed by atoms with Gasteiger partial charge in [0.1, 0.15) is 24.0 Å². The second kappa shape index (κ2) is 9.07. The number of para-hydroxylation sites is 2. The first-order chi connectivity index (χ1) is 15.0. The third-order valence-electron chi connectivity index (χ3n) is 5.15. The van der Waals surface area contributed by atoms with Gasteiger partial charge in [0.25, 0.3) is 5.91 Å². The van der Waals surface area contributed by atoms with E-state index in [2.05, 4.69) is 14.9 Å². The topological polar surface area (TPSA) is 80.9 Å². The smallest absolute Gasteiger partial charge is 0.289 e. The molecule has 2 aromatic heterocycles. The van der Waals surface area contributed by atoms with Crippen molar-refractivity contribution in [2.75, 3.05) is 38.2 Å². The van der Waals surface area contributed by atoms with Gasteiger partial charge in [0.05, 0.1) is 7.11 Å². The average molecular weight is 422 g/mol. The number of rotatable bonds is 6. The molecule has 1 fully saturated rings. The summed E-state index contributed by atoms with van der Waals surface area (Å²) in [6.45, 7) is 6.71. The molecule has 0 spiro atoms. The van der Waals surface area contributed by atoms with Gasteiger partial charge in [0.2, 0.25) is 0 Å². The van der Waals surface area contributed by atoms with Crippen molar-refractivity contribution in [3.63, 3.8) is 0 Å². The quantitative estimate of drug-likeness (QED) is 0.603. The summed E-state index contributed by atoms with van der Waals surface area (Å²) < 4.78 is 16.8. The molecular weight excluding hydrogens is 396 g/mol. The fraction of sp³-hybridized carbons (Fsp3) is 0.348. The number of aromatic nitrogens is 2. The number of benzene rings is 1. The lowest BCUT2D eigenvalue weighted by Gasteiger charge is -2.35. The highest BCUT2D eigenvalue weighted by Crippen LogP contribution is 2.27. The number of anilines is 1. The molecule has 1 saturated heterocycles. The van der Waals surface area contributed by atoms with Crippen molar-refractivity contribution in [1.82, 2.24) is 14.9 Å². The third kappa shape index (κ3) is 4.79. The number of amides is 1. The molecule has 0 bridgehead atoms. The molecule has 31 heavy (non-hydrogen) atoms. The number of hydrogen-bond donors (Lipinski definition) is 0. The molecule has 1 amide bonds. The average Bonchev–Trinajstić information content (AvgIpc) is 3.26. The zero-order valence-electron chi connectivity index (χ0n) is 18.0. The van der Waals surface area contributed by atoms with Crippen LogP contribution in [-0.2, 0) is 6.61 Å². The molecule has 0 saturated carbocycles. The Morgan fingerprint density at radius 1 is 1.03 bits per heavy atom. The summed E-state index contributed by atoms with van der Waals surface area (Å²) in [6.07, 6.45) is 0. The summed E-state index contributed by atoms with van der Waals surface area (Å²) in [6, 6.07) is 12.9. The summed E-state index contributed by atoms with van der Waals surface area (Å²) >= 11 is 0. The molecule has 0 N–H and O–H groups in total. The number of ether oxygens (including phenoxy) is 2. The molecule has 8 nitrogen and oxygen atoms in total. The molecule has 162 valence electrons. The summed E-state index contributed by atoms with van der Waals surface area (Å²) in [4.78, 5) is 25.7. The van der Waals surface area contributed by atoms with Gasteiger partial charge < -0.3 is 23.7 Å². The molecule has 4 rings (SSSR count). The van der Waals surface area contributed by atoms with Crippen LogP contribution in [0.5, 0.6) is 11.5 Å². The highest BCUT2D eigenvalue weighted by Gasteiger charge is 2.25. The highest BCUT2D eigenvalue weighted by molar-refractivity contribution is 5.91. The first-order valence-corrected chi connectivity index (χ1v) is 10.2. The van der Waals surface area contributed by atoms with Crippen LogP contribution < -0.4 is 14.4 Å². The maximum atomic E-state index is 12.9. The van der Waals surface area contributed by atoms with Crippen LogP contribution in [0.1, 0.15) is 27.8 Å². The summed E-state index contributed by atoms with van der Waals surface area (Å²) in [5.41, 5.74) is 0.944. The van der Waals surface area contributed by atoms with Crippen LogP contribution in [0.3, 0.4) is 0 Å². The van der Waals surface area contributed by atoms with Gasteiger partial charge in [0, 0.05) is 37.9 Å². The minimum absolute atomic E-state index is 0.113. The van der Waals surface area contributed by atoms with Crippen LogP contribution in [0.25, 0.3) is 0 Å². The number of aryl methyl sites for hydroxylation is 2. The first kappa shape index (κ1) is 20.7. The number of furan rings is 1. The monoisotopic (exact) mass is 422 g/mol. The lowest BCUT2D eigenvalue weighted by atomic mass is 10.2. The highest BCUT2D eigenvalue weighted by atomic mass is 16.5. The third-order valence-corrected chi connectivity index (χ3v) is 5.15. The Hall–Kier alpha value is -3.55. The van der Waals surface area contributed by atoms with E-state index in [1.807, 2.05) is 44.2 Å². The SMILES string of the molecule is COc1ccccc1OCc1ccc(C(=O)N2CCN(c3cc(C)nc(C)n3)CC2)o1. The molecule has 0 unspecified atom stereocenters. The van der Waals surface area contributed by atoms with Crippen LogP contribution in [-0.4, -0.2) is 54.1 Å². The van der Waals surface area contributed by atoms with Crippen LogP contribution >= 0.6 is 0 Å². The maximum Gasteiger partial charge on any atom is 0.289 e. The van der Waals surface area contributed by atoms with E-state index in [1.54, 1.807) is 24.1 Å². The molecule has 0 aliphatic carbocycles. The van der Waals surface area contributed by atoms with Gasteiger partial charge in [-0.2, -0.15) is 0 Å². The number of piperazine rings is 1. The van der Waals surface area contributed by atoms with E-state index in [0.717, 1.165) is 17.3 Å². The standard InChI is InChI=1S/C23H26N4O4/c1-16-14-22(25-17(2)24-16)26-10-12-27(13-11-26)23(28)21-9-8-18(31-21)15-30-20-7-5-4-6-19(20)29-3/h4-9,14H,10-13,15H2,1-3H3. The zero-order chi connectivity index (χ0) is 21.8. The molecule has 1 aromatic carbocycles. The first-order valence-electron chi connectivity index (χ1n) is 10.2. The molecule has 3 aromatic rings. The molecule has 1 aliphatic rings. The number of carbonyl (C=O) groups is 1. The number of methoxy groups -OCH3 is 1. The van der Waals surface area contributed by atoms with Crippen molar-refractivity contribution < 1.29 is 18.7 Å². The molecular formula is C23H26N4O4. The summed E-state index contributed by atoms with van der Waals surface area (Å²) in [5, 5.41) is 0. The van der Waals surface area contributed by atoms with Crippen molar-refractivity contribution in [3.05, 3.63) is 65.5 Å². The molecule has 0 radical (unpaired) electrons. The van der Waals surface area contributed by atoms with E-state index in [9.17, 15) is 4.79 Å². The van der Waals surface area contributed by atoms with E-state index in [1.165, 1.54) is 0 Å². The van der Waals surface area contributed by atoms with Gasteiger partial charge in [-0.1, -0.05) is 12.1 Å². The minimum atomic E-state index is -0.113. The Morgan fingerprint density at radius 2 is 1.77 bits per heavy atom. The van der Waals surface area contributed by atoms with Crippen molar-refractivity contribution in [2.24, 2.45) is 0 Å². The van der Waals surface area contributed by atoms with Crippen molar-refractivity contribution >= 4 is 11.7 Å². The molecule has 8 heteroatoms. The Morgan fingerprint density at radius 3 is 2.48 bits per heavy atom. The van der Waals surface area contributed by atoms with Gasteiger partial charge in [-0.15, -0.1) is 0 Å². The van der Waals surface area contributed by atoms with Crippen LogP contribution in [0, 0.1) is 13.8 Å². The predicted octanol–water partition coefficient (Wildman–Crippen LogP) is 3.24. The Kier molecular flexibility index (Phi) is 6.06. The minimum Gasteiger partial charge on any atom is -0.493 e. The van der Waals surface area contributed by atoms with Crippen molar-refractivity contribution in [1.29, 1.82) is 0 Å². The summed E-state index contributed by atoms with van der Waals surface area (Å²) in [5.74, 6) is 3.73.